The number of hydrogen-bond donors (Lipinski definition) is 1. The minimum Gasteiger partial charge on any atom is -0.374 e. The van der Waals surface area contributed by atoms with Crippen molar-refractivity contribution < 1.29 is 4.79 Å². The summed E-state index contributed by atoms with van der Waals surface area (Å²) in [5, 5.41) is 3.13. The number of amides is 1. The number of amidine groups is 2. The van der Waals surface area contributed by atoms with Crippen LogP contribution in [0.4, 0.5) is 0 Å². The zero-order valence-electron chi connectivity index (χ0n) is 14.4. The Morgan fingerprint density at radius 3 is 2.22 bits per heavy atom. The molecule has 1 aromatic rings. The first-order valence-corrected chi connectivity index (χ1v) is 7.77. The van der Waals surface area contributed by atoms with Gasteiger partial charge in [-0.25, -0.2) is 15.0 Å². The molecule has 3 rings (SSSR count). The average molecular weight is 318 g/mol. The molecule has 0 bridgehead atoms. The van der Waals surface area contributed by atoms with Crippen LogP contribution in [-0.2, 0) is 4.79 Å². The Kier molecular flexibility index (Phi) is 8.49. The van der Waals surface area contributed by atoms with Crippen LogP contribution < -0.4 is 5.32 Å². The summed E-state index contributed by atoms with van der Waals surface area (Å²) in [6, 6.07) is 1.80. The molecule has 0 atom stereocenters. The van der Waals surface area contributed by atoms with Crippen molar-refractivity contribution in [2.75, 3.05) is 26.7 Å². The fraction of sp³-hybridized carbons (Fsp3) is 0.562. The van der Waals surface area contributed by atoms with Crippen LogP contribution in [0.25, 0.3) is 0 Å². The molecule has 0 aromatic carbocycles. The monoisotopic (exact) mass is 318 g/mol. The van der Waals surface area contributed by atoms with E-state index in [-0.39, 0.29) is 5.91 Å². The number of aryl methyl sites for hydroxylation is 1. The number of carbonyl (C=O) groups is 1. The lowest BCUT2D eigenvalue weighted by atomic mass is 10.3. The lowest BCUT2D eigenvalue weighted by molar-refractivity contribution is -0.118. The first kappa shape index (κ1) is 18.7. The Morgan fingerprint density at radius 1 is 1.17 bits per heavy atom. The van der Waals surface area contributed by atoms with E-state index in [9.17, 15) is 4.79 Å². The van der Waals surface area contributed by atoms with E-state index in [1.54, 1.807) is 18.5 Å². The minimum atomic E-state index is 0.00519. The van der Waals surface area contributed by atoms with Gasteiger partial charge in [0.2, 0.25) is 5.91 Å². The summed E-state index contributed by atoms with van der Waals surface area (Å²) in [4.78, 5) is 28.2. The molecule has 2 aliphatic heterocycles. The molecule has 0 unspecified atom stereocenters. The smallest absolute Gasteiger partial charge is 0.249 e. The van der Waals surface area contributed by atoms with Crippen molar-refractivity contribution in [3.63, 3.8) is 0 Å². The van der Waals surface area contributed by atoms with E-state index in [1.807, 2.05) is 32.7 Å². The van der Waals surface area contributed by atoms with E-state index < -0.39 is 0 Å². The largest absolute Gasteiger partial charge is 0.374 e. The van der Waals surface area contributed by atoms with Crippen LogP contribution in [0, 0.1) is 6.92 Å². The Hall–Kier alpha value is -2.31. The van der Waals surface area contributed by atoms with Crippen LogP contribution in [0.2, 0.25) is 0 Å². The SMILES string of the molecule is CC1=NC(=O)CCN1C.CC1=NCCCN1.Cc1ncccn1. The highest BCUT2D eigenvalue weighted by atomic mass is 16.1. The number of hydrogen-bond acceptors (Lipinski definition) is 6. The quantitative estimate of drug-likeness (QED) is 0.783. The summed E-state index contributed by atoms with van der Waals surface area (Å²) in [7, 11) is 1.94. The van der Waals surface area contributed by atoms with E-state index in [0.29, 0.717) is 6.42 Å². The van der Waals surface area contributed by atoms with Crippen molar-refractivity contribution in [1.82, 2.24) is 20.2 Å². The van der Waals surface area contributed by atoms with Crippen LogP contribution >= 0.6 is 0 Å². The van der Waals surface area contributed by atoms with Crippen molar-refractivity contribution in [2.45, 2.75) is 33.6 Å². The van der Waals surface area contributed by atoms with E-state index in [1.165, 1.54) is 6.42 Å². The van der Waals surface area contributed by atoms with Crippen molar-refractivity contribution in [2.24, 2.45) is 9.98 Å². The van der Waals surface area contributed by atoms with Gasteiger partial charge in [0.25, 0.3) is 0 Å². The number of aliphatic imine (C=N–C) groups is 2. The molecular weight excluding hydrogens is 292 g/mol. The Morgan fingerprint density at radius 2 is 1.87 bits per heavy atom. The molecule has 3 heterocycles. The lowest BCUT2D eigenvalue weighted by Crippen LogP contribution is -2.31. The molecule has 1 aromatic heterocycles. The summed E-state index contributed by atoms with van der Waals surface area (Å²) in [5.41, 5.74) is 0. The molecule has 1 N–H and O–H groups in total. The molecular formula is C16H26N6O. The summed E-state index contributed by atoms with van der Waals surface area (Å²) >= 11 is 0. The molecule has 0 saturated heterocycles. The molecule has 0 fully saturated rings. The Bertz CT molecular complexity index is 541. The first-order chi connectivity index (χ1) is 11.0. The third-order valence-electron chi connectivity index (χ3n) is 3.26. The molecule has 7 nitrogen and oxygen atoms in total. The van der Waals surface area contributed by atoms with Crippen molar-refractivity contribution in [1.29, 1.82) is 0 Å². The standard InChI is InChI=1S/C6H10N2O.C5H10N2.C5H6N2/c1-5-7-6(9)3-4-8(5)2;2*1-5-6-3-2-4-7-5/h3-4H2,1-2H3;2-4H2,1H3,(H,6,7);2-4H,1H3. The topological polar surface area (TPSA) is 82.8 Å². The average Bonchev–Trinajstić information content (AvgIpc) is 2.54. The molecule has 0 saturated carbocycles. The van der Waals surface area contributed by atoms with Crippen LogP contribution in [0.15, 0.2) is 28.4 Å². The highest BCUT2D eigenvalue weighted by Crippen LogP contribution is 1.99. The summed E-state index contributed by atoms with van der Waals surface area (Å²) in [5.74, 6) is 2.74. The van der Waals surface area contributed by atoms with E-state index >= 15 is 0 Å². The van der Waals surface area contributed by atoms with E-state index in [2.05, 4.69) is 25.3 Å². The van der Waals surface area contributed by atoms with Gasteiger partial charge in [0.1, 0.15) is 11.7 Å². The Balaban J connectivity index is 0.000000175. The third kappa shape index (κ3) is 8.65. The third-order valence-corrected chi connectivity index (χ3v) is 3.26. The van der Waals surface area contributed by atoms with Gasteiger partial charge in [0.15, 0.2) is 0 Å². The number of carbonyl (C=O) groups excluding carboxylic acids is 1. The summed E-state index contributed by atoms with van der Waals surface area (Å²) in [6.45, 7) is 8.64. The fourth-order valence-electron chi connectivity index (χ4n) is 1.77. The maximum absolute atomic E-state index is 10.6. The molecule has 0 aliphatic carbocycles. The second kappa shape index (κ2) is 10.4. The van der Waals surface area contributed by atoms with E-state index in [4.69, 9.17) is 0 Å². The van der Waals surface area contributed by atoms with Crippen LogP contribution in [0.3, 0.4) is 0 Å². The highest BCUT2D eigenvalue weighted by Gasteiger charge is 2.11. The van der Waals surface area contributed by atoms with Gasteiger partial charge in [-0.05, 0) is 33.3 Å². The van der Waals surface area contributed by atoms with Crippen molar-refractivity contribution in [3.05, 3.63) is 24.3 Å². The molecule has 2 aliphatic rings. The number of rotatable bonds is 0. The van der Waals surface area contributed by atoms with Gasteiger partial charge >= 0.3 is 0 Å². The molecule has 126 valence electrons. The highest BCUT2D eigenvalue weighted by molar-refractivity contribution is 5.95. The second-order valence-electron chi connectivity index (χ2n) is 5.27. The van der Waals surface area contributed by atoms with Crippen LogP contribution in [0.1, 0.15) is 32.5 Å². The van der Waals surface area contributed by atoms with Gasteiger partial charge in [-0.1, -0.05) is 0 Å². The van der Waals surface area contributed by atoms with Crippen molar-refractivity contribution in [3.8, 4) is 0 Å². The van der Waals surface area contributed by atoms with E-state index in [0.717, 1.165) is 37.1 Å². The minimum absolute atomic E-state index is 0.00519. The van der Waals surface area contributed by atoms with Crippen molar-refractivity contribution >= 4 is 17.6 Å². The van der Waals surface area contributed by atoms with Gasteiger partial charge in [0.05, 0.1) is 5.84 Å². The zero-order chi connectivity index (χ0) is 17.1. The molecule has 7 heteroatoms. The number of nitrogens with one attached hydrogen (secondary N) is 1. The predicted octanol–water partition coefficient (Wildman–Crippen LogP) is 1.45. The summed E-state index contributed by atoms with van der Waals surface area (Å²) in [6.07, 6.45) is 5.20. The Labute approximate surface area is 138 Å². The number of nitrogens with zero attached hydrogens (tertiary/aromatic N) is 5. The van der Waals surface area contributed by atoms with Gasteiger partial charge in [-0.15, -0.1) is 0 Å². The maximum atomic E-state index is 10.6. The molecule has 0 radical (unpaired) electrons. The predicted molar refractivity (Wildman–Crippen MR) is 92.7 cm³/mol. The lowest BCUT2D eigenvalue weighted by Gasteiger charge is -2.20. The van der Waals surface area contributed by atoms with Crippen LogP contribution in [-0.4, -0.2) is 59.1 Å². The van der Waals surface area contributed by atoms with Gasteiger partial charge in [-0.2, -0.15) is 0 Å². The van der Waals surface area contributed by atoms with Crippen LogP contribution in [0.5, 0.6) is 0 Å². The summed E-state index contributed by atoms with van der Waals surface area (Å²) < 4.78 is 0. The first-order valence-electron chi connectivity index (χ1n) is 7.77. The van der Waals surface area contributed by atoms with Gasteiger partial charge < -0.3 is 10.2 Å². The molecule has 0 spiro atoms. The normalized spacial score (nSPS) is 16.7. The number of aromatic nitrogens is 2. The zero-order valence-corrected chi connectivity index (χ0v) is 14.4. The molecule has 1 amide bonds. The second-order valence-corrected chi connectivity index (χ2v) is 5.27. The van der Waals surface area contributed by atoms with Gasteiger partial charge in [0, 0.05) is 45.5 Å². The maximum Gasteiger partial charge on any atom is 0.249 e. The fourth-order valence-corrected chi connectivity index (χ4v) is 1.77. The molecule has 23 heavy (non-hydrogen) atoms. The van der Waals surface area contributed by atoms with Gasteiger partial charge in [-0.3, -0.25) is 9.79 Å².